The monoisotopic (exact) mass is 487 g/mol. The number of ether oxygens (including phenoxy) is 2. The maximum Gasteiger partial charge on any atom is 0.341 e. The van der Waals surface area contributed by atoms with Gasteiger partial charge in [0.2, 0.25) is 0 Å². The van der Waals surface area contributed by atoms with Crippen LogP contribution in [-0.2, 0) is 24.3 Å². The first kappa shape index (κ1) is 23.3. The standard InChI is InChI=1S/C24H26ClN3O4S/c1-3-15(2)32-24(30)21-18-6-4-5-7-20(18)33-23(21)26-22(29)19-12-13-28(27-19)14-31-17-10-8-16(25)9-11-17/h8-13,15H,3-7,14H2,1-2H3,(H,26,29). The van der Waals surface area contributed by atoms with E-state index in [0.717, 1.165) is 42.5 Å². The smallest absolute Gasteiger partial charge is 0.341 e. The van der Waals surface area contributed by atoms with Gasteiger partial charge in [-0.15, -0.1) is 11.3 Å². The summed E-state index contributed by atoms with van der Waals surface area (Å²) in [5.74, 6) is -0.105. The summed E-state index contributed by atoms with van der Waals surface area (Å²) in [5, 5.41) is 8.36. The number of aryl methyl sites for hydroxylation is 1. The van der Waals surface area contributed by atoms with E-state index in [9.17, 15) is 9.59 Å². The van der Waals surface area contributed by atoms with Crippen molar-refractivity contribution in [3.05, 3.63) is 63.2 Å². The molecule has 0 saturated carbocycles. The van der Waals surface area contributed by atoms with Gasteiger partial charge >= 0.3 is 5.97 Å². The van der Waals surface area contributed by atoms with Gasteiger partial charge in [-0.25, -0.2) is 9.48 Å². The molecular formula is C24H26ClN3O4S. The highest BCUT2D eigenvalue weighted by atomic mass is 35.5. The van der Waals surface area contributed by atoms with E-state index >= 15 is 0 Å². The van der Waals surface area contributed by atoms with Crippen LogP contribution in [0, 0.1) is 0 Å². The fourth-order valence-electron chi connectivity index (χ4n) is 3.59. The Morgan fingerprint density at radius 2 is 1.97 bits per heavy atom. The molecule has 2 heterocycles. The molecule has 1 unspecified atom stereocenters. The zero-order chi connectivity index (χ0) is 23.4. The van der Waals surface area contributed by atoms with Crippen LogP contribution in [0.3, 0.4) is 0 Å². The van der Waals surface area contributed by atoms with Crippen LogP contribution >= 0.6 is 22.9 Å². The molecular weight excluding hydrogens is 462 g/mol. The molecule has 2 aromatic heterocycles. The first-order valence-corrected chi connectivity index (χ1v) is 12.2. The van der Waals surface area contributed by atoms with Gasteiger partial charge in [0.15, 0.2) is 12.4 Å². The number of nitrogens with zero attached hydrogens (tertiary/aromatic N) is 2. The highest BCUT2D eigenvalue weighted by molar-refractivity contribution is 7.17. The lowest BCUT2D eigenvalue weighted by atomic mass is 9.95. The van der Waals surface area contributed by atoms with Crippen molar-refractivity contribution in [2.24, 2.45) is 0 Å². The quantitative estimate of drug-likeness (QED) is 0.411. The van der Waals surface area contributed by atoms with Crippen molar-refractivity contribution < 1.29 is 19.1 Å². The third kappa shape index (κ3) is 5.57. The van der Waals surface area contributed by atoms with Gasteiger partial charge in [0.25, 0.3) is 5.91 Å². The molecule has 7 nitrogen and oxygen atoms in total. The van der Waals surface area contributed by atoms with Crippen LogP contribution in [0.4, 0.5) is 5.00 Å². The van der Waals surface area contributed by atoms with Crippen LogP contribution in [0.5, 0.6) is 5.75 Å². The number of hydrogen-bond donors (Lipinski definition) is 1. The maximum atomic E-state index is 12.9. The topological polar surface area (TPSA) is 82.5 Å². The number of thiophene rings is 1. The van der Waals surface area contributed by atoms with Crippen molar-refractivity contribution >= 4 is 39.8 Å². The zero-order valence-corrected chi connectivity index (χ0v) is 20.2. The van der Waals surface area contributed by atoms with Gasteiger partial charge in [-0.1, -0.05) is 18.5 Å². The Morgan fingerprint density at radius 3 is 2.73 bits per heavy atom. The van der Waals surface area contributed by atoms with Gasteiger partial charge < -0.3 is 14.8 Å². The van der Waals surface area contributed by atoms with E-state index < -0.39 is 0 Å². The molecule has 0 saturated heterocycles. The minimum Gasteiger partial charge on any atom is -0.471 e. The summed E-state index contributed by atoms with van der Waals surface area (Å²) < 4.78 is 12.8. The number of rotatable bonds is 8. The van der Waals surface area contributed by atoms with Gasteiger partial charge in [0.05, 0.1) is 11.7 Å². The predicted molar refractivity (Wildman–Crippen MR) is 128 cm³/mol. The van der Waals surface area contributed by atoms with Crippen molar-refractivity contribution in [1.82, 2.24) is 9.78 Å². The predicted octanol–water partition coefficient (Wildman–Crippen LogP) is 5.72. The van der Waals surface area contributed by atoms with Crippen LogP contribution in [0.15, 0.2) is 36.5 Å². The van der Waals surface area contributed by atoms with Gasteiger partial charge in [0.1, 0.15) is 10.8 Å². The van der Waals surface area contributed by atoms with Crippen molar-refractivity contribution in [3.8, 4) is 5.75 Å². The first-order valence-electron chi connectivity index (χ1n) is 11.0. The summed E-state index contributed by atoms with van der Waals surface area (Å²) in [6.45, 7) is 3.99. The van der Waals surface area contributed by atoms with Gasteiger partial charge in [-0.2, -0.15) is 5.10 Å². The molecule has 1 N–H and O–H groups in total. The Balaban J connectivity index is 1.47. The number of halogens is 1. The molecule has 0 radical (unpaired) electrons. The number of carbonyl (C=O) groups excluding carboxylic acids is 2. The van der Waals surface area contributed by atoms with Crippen LogP contribution in [0.2, 0.25) is 5.02 Å². The van der Waals surface area contributed by atoms with Gasteiger partial charge in [-0.05, 0) is 74.9 Å². The van der Waals surface area contributed by atoms with Crippen LogP contribution in [0.1, 0.15) is 64.4 Å². The Labute approximate surface area is 201 Å². The third-order valence-electron chi connectivity index (χ3n) is 5.54. The number of carbonyl (C=O) groups is 2. The molecule has 0 aliphatic heterocycles. The molecule has 0 fully saturated rings. The molecule has 0 spiro atoms. The lowest BCUT2D eigenvalue weighted by Gasteiger charge is -2.15. The highest BCUT2D eigenvalue weighted by Crippen LogP contribution is 2.39. The normalized spacial score (nSPS) is 13.8. The molecule has 0 bridgehead atoms. The summed E-state index contributed by atoms with van der Waals surface area (Å²) in [6, 6.07) is 8.62. The minimum absolute atomic E-state index is 0.148. The molecule has 1 atom stereocenters. The second kappa shape index (κ2) is 10.4. The van der Waals surface area contributed by atoms with Crippen molar-refractivity contribution in [2.45, 2.75) is 58.8 Å². The minimum atomic E-state index is -0.378. The van der Waals surface area contributed by atoms with E-state index in [0.29, 0.717) is 21.3 Å². The Hall–Kier alpha value is -2.84. The van der Waals surface area contributed by atoms with E-state index in [-0.39, 0.29) is 30.4 Å². The molecule has 4 rings (SSSR count). The van der Waals surface area contributed by atoms with E-state index in [1.165, 1.54) is 16.0 Å². The zero-order valence-electron chi connectivity index (χ0n) is 18.6. The summed E-state index contributed by atoms with van der Waals surface area (Å²) in [7, 11) is 0. The largest absolute Gasteiger partial charge is 0.471 e. The molecule has 174 valence electrons. The lowest BCUT2D eigenvalue weighted by Crippen LogP contribution is -2.19. The van der Waals surface area contributed by atoms with E-state index in [2.05, 4.69) is 10.4 Å². The summed E-state index contributed by atoms with van der Waals surface area (Å²) in [5.41, 5.74) is 1.74. The Bertz CT molecular complexity index is 1140. The van der Waals surface area contributed by atoms with Gasteiger partial charge in [0, 0.05) is 16.1 Å². The lowest BCUT2D eigenvalue weighted by molar-refractivity contribution is 0.0335. The molecule has 1 aliphatic carbocycles. The summed E-state index contributed by atoms with van der Waals surface area (Å²) in [6.07, 6.45) is 6.06. The number of amides is 1. The fraction of sp³-hybridized carbons (Fsp3) is 0.375. The second-order valence-corrected chi connectivity index (χ2v) is 9.50. The van der Waals surface area contributed by atoms with Crippen LogP contribution in [-0.4, -0.2) is 27.8 Å². The summed E-state index contributed by atoms with van der Waals surface area (Å²) in [4.78, 5) is 27.0. The SMILES string of the molecule is CCC(C)OC(=O)c1c(NC(=O)c2ccn(COc3ccc(Cl)cc3)n2)sc2c1CCCC2. The second-order valence-electron chi connectivity index (χ2n) is 7.96. The Kier molecular flexibility index (Phi) is 7.35. The number of esters is 1. The van der Waals surface area contributed by atoms with E-state index in [1.54, 1.807) is 36.5 Å². The number of benzene rings is 1. The van der Waals surface area contributed by atoms with Crippen molar-refractivity contribution in [1.29, 1.82) is 0 Å². The molecule has 1 amide bonds. The van der Waals surface area contributed by atoms with Crippen LogP contribution < -0.4 is 10.1 Å². The first-order chi connectivity index (χ1) is 15.9. The number of fused-ring (bicyclic) bond motifs is 1. The Morgan fingerprint density at radius 1 is 1.21 bits per heavy atom. The highest BCUT2D eigenvalue weighted by Gasteiger charge is 2.28. The number of anilines is 1. The molecule has 33 heavy (non-hydrogen) atoms. The van der Waals surface area contributed by atoms with E-state index in [4.69, 9.17) is 21.1 Å². The molecule has 1 aromatic carbocycles. The molecule has 3 aromatic rings. The molecule has 1 aliphatic rings. The average Bonchev–Trinajstić information content (AvgIpc) is 3.43. The van der Waals surface area contributed by atoms with Crippen LogP contribution in [0.25, 0.3) is 0 Å². The molecule has 9 heteroatoms. The third-order valence-corrected chi connectivity index (χ3v) is 7.00. The number of nitrogens with one attached hydrogen (secondary N) is 1. The fourth-order valence-corrected chi connectivity index (χ4v) is 4.99. The van der Waals surface area contributed by atoms with Gasteiger partial charge in [-0.3, -0.25) is 4.79 Å². The average molecular weight is 488 g/mol. The summed E-state index contributed by atoms with van der Waals surface area (Å²) >= 11 is 7.34. The van der Waals surface area contributed by atoms with Crippen molar-refractivity contribution in [2.75, 3.05) is 5.32 Å². The van der Waals surface area contributed by atoms with E-state index in [1.807, 2.05) is 13.8 Å². The number of hydrogen-bond acceptors (Lipinski definition) is 6. The number of aromatic nitrogens is 2. The maximum absolute atomic E-state index is 12.9. The van der Waals surface area contributed by atoms with Crippen molar-refractivity contribution in [3.63, 3.8) is 0 Å².